The fraction of sp³-hybridized carbons (Fsp3) is 0.0769. The molecule has 11 rings (SSSR count). The summed E-state index contributed by atoms with van der Waals surface area (Å²) in [6, 6.07) is 64.6. The van der Waals surface area contributed by atoms with E-state index in [1.165, 1.54) is 88.4 Å². The molecule has 55 heavy (non-hydrogen) atoms. The molecule has 0 atom stereocenters. The number of hydrogen-bond donors (Lipinski definition) is 0. The van der Waals surface area contributed by atoms with Crippen molar-refractivity contribution in [3.63, 3.8) is 0 Å². The smallest absolute Gasteiger partial charge is 0.256 e. The summed E-state index contributed by atoms with van der Waals surface area (Å²) in [6.45, 7) is 6.82. The molecule has 2 nitrogen and oxygen atoms in total. The van der Waals surface area contributed by atoms with Crippen molar-refractivity contribution in [1.29, 1.82) is 0 Å². The number of aromatic nitrogens is 1. The van der Waals surface area contributed by atoms with E-state index >= 15 is 0 Å². The molecule has 0 saturated heterocycles. The van der Waals surface area contributed by atoms with Crippen LogP contribution in [-0.4, -0.2) is 11.3 Å². The van der Waals surface area contributed by atoms with Crippen molar-refractivity contribution in [1.82, 2.24) is 4.57 Å². The minimum Gasteiger partial charge on any atom is -0.458 e. The van der Waals surface area contributed by atoms with E-state index in [1.54, 1.807) is 0 Å². The first-order valence-corrected chi connectivity index (χ1v) is 19.3. The van der Waals surface area contributed by atoms with Crippen LogP contribution >= 0.6 is 0 Å². The topological polar surface area (TPSA) is 14.2 Å². The van der Waals surface area contributed by atoms with Gasteiger partial charge in [-0.25, -0.2) is 0 Å². The molecule has 9 aromatic rings. The van der Waals surface area contributed by atoms with E-state index in [0.717, 1.165) is 17.1 Å². The molecular formula is C52H38BNO. The number of nitrogens with zero attached hydrogens (tertiary/aromatic N) is 1. The molecule has 3 heterocycles. The maximum Gasteiger partial charge on any atom is 0.256 e. The molecular weight excluding hydrogens is 665 g/mol. The van der Waals surface area contributed by atoms with Crippen molar-refractivity contribution in [2.24, 2.45) is 0 Å². The van der Waals surface area contributed by atoms with Crippen LogP contribution in [0.1, 0.15) is 26.3 Å². The summed E-state index contributed by atoms with van der Waals surface area (Å²) in [5, 5.41) is 2.52. The fourth-order valence-electron chi connectivity index (χ4n) is 9.11. The maximum atomic E-state index is 7.15. The van der Waals surface area contributed by atoms with Gasteiger partial charge in [0.15, 0.2) is 0 Å². The summed E-state index contributed by atoms with van der Waals surface area (Å²) < 4.78 is 9.68. The number of hydrogen-bond acceptors (Lipinski definition) is 1. The van der Waals surface area contributed by atoms with Gasteiger partial charge in [-0.1, -0.05) is 160 Å². The molecule has 0 radical (unpaired) electrons. The van der Waals surface area contributed by atoms with Gasteiger partial charge in [-0.15, -0.1) is 0 Å². The van der Waals surface area contributed by atoms with E-state index in [9.17, 15) is 0 Å². The van der Waals surface area contributed by atoms with Crippen molar-refractivity contribution in [2.75, 3.05) is 0 Å². The SMILES string of the molecule is CC(C)(C)c1ccc2c(c1)Oc1cc(-c3ccccc3-c3ccccc3)cc3c1B2c1cc(-c2ccccc2)cc2c4cc(-c5ccccc5)ccc4n-3c12. The third-order valence-electron chi connectivity index (χ3n) is 11.8. The Labute approximate surface area is 322 Å². The predicted molar refractivity (Wildman–Crippen MR) is 232 cm³/mol. The first-order chi connectivity index (χ1) is 26.9. The van der Waals surface area contributed by atoms with Gasteiger partial charge in [-0.05, 0) is 108 Å². The number of rotatable bonds is 4. The lowest BCUT2D eigenvalue weighted by atomic mass is 9.34. The lowest BCUT2D eigenvalue weighted by Gasteiger charge is -2.35. The van der Waals surface area contributed by atoms with E-state index in [0.29, 0.717) is 0 Å². The molecule has 0 aliphatic carbocycles. The van der Waals surface area contributed by atoms with E-state index in [-0.39, 0.29) is 12.1 Å². The fourth-order valence-corrected chi connectivity index (χ4v) is 9.11. The van der Waals surface area contributed by atoms with Crippen LogP contribution in [0, 0.1) is 0 Å². The standard InChI is InChI=1S/C52H38BNO/c1-52(2,3)39-24-25-44-48(32-39)55-49-31-38(41-22-14-13-21-40(41)35-19-11-6-12-20-35)30-47-50(49)53(44)45-29-37(34-17-9-5-10-18-34)28-43-42-27-36(33-15-7-4-8-16-33)23-26-46(42)54(47)51(43)45/h4-32H,1-3H3. The summed E-state index contributed by atoms with van der Waals surface area (Å²) in [7, 11) is 0. The van der Waals surface area contributed by atoms with E-state index in [4.69, 9.17) is 4.74 Å². The molecule has 260 valence electrons. The zero-order valence-electron chi connectivity index (χ0n) is 31.2. The highest BCUT2D eigenvalue weighted by atomic mass is 16.5. The van der Waals surface area contributed by atoms with E-state index in [2.05, 4.69) is 201 Å². The van der Waals surface area contributed by atoms with Crippen LogP contribution in [0.15, 0.2) is 176 Å². The Morgan fingerprint density at radius 1 is 0.455 bits per heavy atom. The van der Waals surface area contributed by atoms with Crippen molar-refractivity contribution >= 4 is 44.9 Å². The van der Waals surface area contributed by atoms with Crippen molar-refractivity contribution in [3.8, 4) is 61.7 Å². The van der Waals surface area contributed by atoms with Gasteiger partial charge < -0.3 is 9.30 Å². The Morgan fingerprint density at radius 2 is 1.07 bits per heavy atom. The number of fused-ring (bicyclic) bond motifs is 7. The largest absolute Gasteiger partial charge is 0.458 e. The summed E-state index contributed by atoms with van der Waals surface area (Å²) in [4.78, 5) is 0. The average Bonchev–Trinajstić information content (AvgIpc) is 3.56. The normalized spacial score (nSPS) is 12.7. The Kier molecular flexibility index (Phi) is 6.94. The van der Waals surface area contributed by atoms with Crippen LogP contribution < -0.4 is 21.1 Å². The Hall–Kier alpha value is -6.58. The quantitative estimate of drug-likeness (QED) is 0.167. The second-order valence-corrected chi connectivity index (χ2v) is 16.1. The van der Waals surface area contributed by atoms with Crippen LogP contribution in [0.3, 0.4) is 0 Å². The zero-order valence-corrected chi connectivity index (χ0v) is 31.2. The molecule has 2 aliphatic heterocycles. The van der Waals surface area contributed by atoms with Crippen LogP contribution in [0.25, 0.3) is 72.0 Å². The Bertz CT molecular complexity index is 2970. The van der Waals surface area contributed by atoms with Gasteiger partial charge in [0, 0.05) is 22.0 Å². The van der Waals surface area contributed by atoms with Gasteiger partial charge in [-0.2, -0.15) is 0 Å². The summed E-state index contributed by atoms with van der Waals surface area (Å²) >= 11 is 0. The maximum absolute atomic E-state index is 7.15. The van der Waals surface area contributed by atoms with Gasteiger partial charge in [-0.3, -0.25) is 0 Å². The Balaban J connectivity index is 1.27. The third-order valence-corrected chi connectivity index (χ3v) is 11.8. The van der Waals surface area contributed by atoms with Crippen LogP contribution in [0.2, 0.25) is 0 Å². The van der Waals surface area contributed by atoms with E-state index in [1.807, 2.05) is 0 Å². The molecule has 0 fully saturated rings. The van der Waals surface area contributed by atoms with Gasteiger partial charge in [0.1, 0.15) is 11.5 Å². The monoisotopic (exact) mass is 703 g/mol. The molecule has 0 amide bonds. The highest BCUT2D eigenvalue weighted by Crippen LogP contribution is 2.43. The first kappa shape index (κ1) is 31.9. The molecule has 0 bridgehead atoms. The number of ether oxygens (including phenoxy) is 1. The van der Waals surface area contributed by atoms with Crippen molar-refractivity contribution in [2.45, 2.75) is 26.2 Å². The lowest BCUT2D eigenvalue weighted by Crippen LogP contribution is -2.58. The number of benzene rings is 8. The molecule has 0 N–H and O–H groups in total. The van der Waals surface area contributed by atoms with Crippen LogP contribution in [-0.2, 0) is 5.41 Å². The van der Waals surface area contributed by atoms with Crippen LogP contribution in [0.5, 0.6) is 11.5 Å². The molecule has 3 heteroatoms. The summed E-state index contributed by atoms with van der Waals surface area (Å²) in [6.07, 6.45) is 0. The third kappa shape index (κ3) is 4.96. The van der Waals surface area contributed by atoms with Crippen LogP contribution in [0.4, 0.5) is 0 Å². The molecule has 2 aliphatic rings. The molecule has 8 aromatic carbocycles. The molecule has 0 saturated carbocycles. The second kappa shape index (κ2) is 12.0. The summed E-state index contributed by atoms with van der Waals surface area (Å²) in [5.41, 5.74) is 18.3. The minimum absolute atomic E-state index is 0.00208. The zero-order chi connectivity index (χ0) is 36.8. The second-order valence-electron chi connectivity index (χ2n) is 16.1. The van der Waals surface area contributed by atoms with Gasteiger partial charge in [0.05, 0.1) is 5.52 Å². The minimum atomic E-state index is -0.0176. The highest BCUT2D eigenvalue weighted by molar-refractivity contribution is 6.99. The van der Waals surface area contributed by atoms with Crippen molar-refractivity contribution in [3.05, 3.63) is 181 Å². The Morgan fingerprint density at radius 3 is 1.76 bits per heavy atom. The predicted octanol–water partition coefficient (Wildman–Crippen LogP) is 11.7. The molecule has 0 spiro atoms. The lowest BCUT2D eigenvalue weighted by molar-refractivity contribution is 0.483. The first-order valence-electron chi connectivity index (χ1n) is 19.3. The average molecular weight is 704 g/mol. The van der Waals surface area contributed by atoms with Gasteiger partial charge in [0.25, 0.3) is 6.71 Å². The van der Waals surface area contributed by atoms with Gasteiger partial charge >= 0.3 is 0 Å². The van der Waals surface area contributed by atoms with Crippen molar-refractivity contribution < 1.29 is 4.74 Å². The van der Waals surface area contributed by atoms with Gasteiger partial charge in [0.2, 0.25) is 0 Å². The molecule has 1 aromatic heterocycles. The molecule has 0 unspecified atom stereocenters. The summed E-state index contributed by atoms with van der Waals surface area (Å²) in [5.74, 6) is 1.86. The van der Waals surface area contributed by atoms with E-state index < -0.39 is 0 Å². The highest BCUT2D eigenvalue weighted by Gasteiger charge is 2.41.